The summed E-state index contributed by atoms with van der Waals surface area (Å²) in [6, 6.07) is 0. The first-order chi connectivity index (χ1) is 7.97. The Balaban J connectivity index is 1.92. The molecule has 5 heteroatoms. The summed E-state index contributed by atoms with van der Waals surface area (Å²) in [5.74, 6) is 0.531. The number of carbonyl (C=O) groups is 1. The van der Waals surface area contributed by atoms with Gasteiger partial charge in [0.05, 0.1) is 5.01 Å². The Bertz CT molecular complexity index is 404. The van der Waals surface area contributed by atoms with Crippen LogP contribution in [-0.4, -0.2) is 30.5 Å². The fourth-order valence-corrected chi connectivity index (χ4v) is 2.43. The van der Waals surface area contributed by atoms with Crippen molar-refractivity contribution in [1.29, 1.82) is 0 Å². The zero-order chi connectivity index (χ0) is 12.5. The fourth-order valence-electron chi connectivity index (χ4n) is 1.54. The Morgan fingerprint density at radius 1 is 1.59 bits per heavy atom. The highest BCUT2D eigenvalue weighted by Crippen LogP contribution is 2.25. The summed E-state index contributed by atoms with van der Waals surface area (Å²) in [6.07, 6.45) is 0. The summed E-state index contributed by atoms with van der Waals surface area (Å²) in [6.45, 7) is 9.07. The minimum absolute atomic E-state index is 0.0150. The second-order valence-electron chi connectivity index (χ2n) is 5.52. The molecule has 2 rings (SSSR count). The number of hydrogen-bond acceptors (Lipinski definition) is 4. The number of carbonyl (C=O) groups excluding carboxylic acids is 1. The van der Waals surface area contributed by atoms with E-state index in [1.807, 2.05) is 5.38 Å². The number of amides is 1. The highest BCUT2D eigenvalue weighted by Gasteiger charge is 2.21. The number of thiazole rings is 1. The second-order valence-corrected chi connectivity index (χ2v) is 6.38. The van der Waals surface area contributed by atoms with Crippen LogP contribution < -0.4 is 10.6 Å². The molecule has 1 aliphatic rings. The highest BCUT2D eigenvalue weighted by atomic mass is 32.1. The lowest BCUT2D eigenvalue weighted by Crippen LogP contribution is -2.48. The smallest absolute Gasteiger partial charge is 0.270 e. The van der Waals surface area contributed by atoms with E-state index in [-0.39, 0.29) is 11.3 Å². The quantitative estimate of drug-likeness (QED) is 0.856. The molecule has 1 aliphatic heterocycles. The lowest BCUT2D eigenvalue weighted by Gasteiger charge is -2.26. The Morgan fingerprint density at radius 3 is 2.76 bits per heavy atom. The van der Waals surface area contributed by atoms with Crippen LogP contribution in [0.1, 0.15) is 36.3 Å². The SMILES string of the molecule is CC(C)(C)c1nc(C(=O)NCC2CNC2)cs1. The molecule has 17 heavy (non-hydrogen) atoms. The van der Waals surface area contributed by atoms with Gasteiger partial charge in [0.15, 0.2) is 0 Å². The minimum Gasteiger partial charge on any atom is -0.350 e. The first kappa shape index (κ1) is 12.5. The van der Waals surface area contributed by atoms with Gasteiger partial charge in [-0.15, -0.1) is 11.3 Å². The number of nitrogens with zero attached hydrogens (tertiary/aromatic N) is 1. The van der Waals surface area contributed by atoms with E-state index in [4.69, 9.17) is 0 Å². The van der Waals surface area contributed by atoms with Crippen molar-refractivity contribution in [1.82, 2.24) is 15.6 Å². The number of aromatic nitrogens is 1. The van der Waals surface area contributed by atoms with Gasteiger partial charge in [0.2, 0.25) is 0 Å². The molecule has 1 aromatic heterocycles. The molecule has 0 aliphatic carbocycles. The van der Waals surface area contributed by atoms with E-state index in [1.54, 1.807) is 11.3 Å². The summed E-state index contributed by atoms with van der Waals surface area (Å²) < 4.78 is 0. The molecular formula is C12H19N3OS. The van der Waals surface area contributed by atoms with Gasteiger partial charge in [-0.2, -0.15) is 0 Å². The lowest BCUT2D eigenvalue weighted by molar-refractivity contribution is 0.0937. The molecular weight excluding hydrogens is 234 g/mol. The van der Waals surface area contributed by atoms with Gasteiger partial charge in [0, 0.05) is 36.3 Å². The van der Waals surface area contributed by atoms with Crippen molar-refractivity contribution in [3.05, 3.63) is 16.1 Å². The highest BCUT2D eigenvalue weighted by molar-refractivity contribution is 7.10. The number of hydrogen-bond donors (Lipinski definition) is 2. The maximum atomic E-state index is 11.8. The van der Waals surface area contributed by atoms with Gasteiger partial charge in [0.1, 0.15) is 5.69 Å². The van der Waals surface area contributed by atoms with Crippen LogP contribution in [0.25, 0.3) is 0 Å². The summed E-state index contributed by atoms with van der Waals surface area (Å²) in [5, 5.41) is 8.96. The third-order valence-corrected chi connectivity index (χ3v) is 4.06. The number of nitrogens with one attached hydrogen (secondary N) is 2. The topological polar surface area (TPSA) is 54.0 Å². The predicted molar refractivity (Wildman–Crippen MR) is 69.5 cm³/mol. The van der Waals surface area contributed by atoms with Crippen LogP contribution in [0.4, 0.5) is 0 Å². The Hall–Kier alpha value is -0.940. The number of rotatable bonds is 3. The Kier molecular flexibility index (Phi) is 3.49. The van der Waals surface area contributed by atoms with Crippen LogP contribution in [0.5, 0.6) is 0 Å². The van der Waals surface area contributed by atoms with Crippen LogP contribution in [0.3, 0.4) is 0 Å². The third kappa shape index (κ3) is 3.04. The summed E-state index contributed by atoms with van der Waals surface area (Å²) in [4.78, 5) is 16.2. The molecule has 1 saturated heterocycles. The van der Waals surface area contributed by atoms with Crippen molar-refractivity contribution in [3.63, 3.8) is 0 Å². The van der Waals surface area contributed by atoms with E-state index in [1.165, 1.54) is 0 Å². The molecule has 0 aromatic carbocycles. The van der Waals surface area contributed by atoms with Gasteiger partial charge in [-0.05, 0) is 0 Å². The van der Waals surface area contributed by atoms with Crippen molar-refractivity contribution in [2.75, 3.05) is 19.6 Å². The van der Waals surface area contributed by atoms with Crippen molar-refractivity contribution < 1.29 is 4.79 Å². The van der Waals surface area contributed by atoms with Crippen molar-refractivity contribution >= 4 is 17.2 Å². The largest absolute Gasteiger partial charge is 0.350 e. The van der Waals surface area contributed by atoms with Gasteiger partial charge < -0.3 is 10.6 Å². The first-order valence-corrected chi connectivity index (χ1v) is 6.79. The summed E-state index contributed by atoms with van der Waals surface area (Å²) in [7, 11) is 0. The maximum Gasteiger partial charge on any atom is 0.270 e. The fraction of sp³-hybridized carbons (Fsp3) is 0.667. The van der Waals surface area contributed by atoms with E-state index >= 15 is 0 Å². The van der Waals surface area contributed by atoms with Gasteiger partial charge in [-0.1, -0.05) is 20.8 Å². The van der Waals surface area contributed by atoms with Crippen LogP contribution in [0.15, 0.2) is 5.38 Å². The second kappa shape index (κ2) is 4.74. The average Bonchev–Trinajstić information content (AvgIpc) is 2.62. The Labute approximate surface area is 106 Å². The lowest BCUT2D eigenvalue weighted by atomic mass is 9.98. The molecule has 1 aromatic rings. The molecule has 0 atom stereocenters. The molecule has 0 radical (unpaired) electrons. The van der Waals surface area contributed by atoms with Crippen molar-refractivity contribution in [2.24, 2.45) is 5.92 Å². The van der Waals surface area contributed by atoms with Gasteiger partial charge in [-0.3, -0.25) is 4.79 Å². The molecule has 2 heterocycles. The van der Waals surface area contributed by atoms with Crippen molar-refractivity contribution in [3.8, 4) is 0 Å². The van der Waals surface area contributed by atoms with Gasteiger partial charge in [-0.25, -0.2) is 4.98 Å². The van der Waals surface area contributed by atoms with Crippen LogP contribution >= 0.6 is 11.3 Å². The normalized spacial score (nSPS) is 16.6. The van der Waals surface area contributed by atoms with E-state index < -0.39 is 0 Å². The molecule has 1 amide bonds. The van der Waals surface area contributed by atoms with E-state index in [9.17, 15) is 4.79 Å². The third-order valence-electron chi connectivity index (χ3n) is 2.80. The monoisotopic (exact) mass is 253 g/mol. The standard InChI is InChI=1S/C12H19N3OS/c1-12(2,3)11-15-9(7-17-11)10(16)14-6-8-4-13-5-8/h7-8,13H,4-6H2,1-3H3,(H,14,16). The molecule has 0 spiro atoms. The maximum absolute atomic E-state index is 11.8. The average molecular weight is 253 g/mol. The molecule has 0 saturated carbocycles. The Morgan fingerprint density at radius 2 is 2.29 bits per heavy atom. The van der Waals surface area contributed by atoms with Gasteiger partial charge >= 0.3 is 0 Å². The van der Waals surface area contributed by atoms with E-state index in [0.29, 0.717) is 11.6 Å². The van der Waals surface area contributed by atoms with E-state index in [2.05, 4.69) is 36.4 Å². The molecule has 94 valence electrons. The van der Waals surface area contributed by atoms with Crippen LogP contribution in [0.2, 0.25) is 0 Å². The molecule has 1 fully saturated rings. The molecule has 0 unspecified atom stereocenters. The zero-order valence-electron chi connectivity index (χ0n) is 10.5. The minimum atomic E-state index is -0.0522. The summed E-state index contributed by atoms with van der Waals surface area (Å²) >= 11 is 1.55. The van der Waals surface area contributed by atoms with Gasteiger partial charge in [0.25, 0.3) is 5.91 Å². The molecule has 2 N–H and O–H groups in total. The summed E-state index contributed by atoms with van der Waals surface area (Å²) in [5.41, 5.74) is 0.563. The molecule has 0 bridgehead atoms. The van der Waals surface area contributed by atoms with Crippen LogP contribution in [-0.2, 0) is 5.41 Å². The first-order valence-electron chi connectivity index (χ1n) is 5.92. The van der Waals surface area contributed by atoms with Crippen molar-refractivity contribution in [2.45, 2.75) is 26.2 Å². The zero-order valence-corrected chi connectivity index (χ0v) is 11.4. The predicted octanol–water partition coefficient (Wildman–Crippen LogP) is 1.39. The van der Waals surface area contributed by atoms with E-state index in [0.717, 1.165) is 24.6 Å². The molecule has 4 nitrogen and oxygen atoms in total. The van der Waals surface area contributed by atoms with Crippen LogP contribution in [0, 0.1) is 5.92 Å².